The number of amides is 1. The number of hydrogen-bond donors (Lipinski definition) is 0. The van der Waals surface area contributed by atoms with Gasteiger partial charge >= 0.3 is 0 Å². The van der Waals surface area contributed by atoms with Gasteiger partial charge in [0.25, 0.3) is 5.69 Å². The van der Waals surface area contributed by atoms with Crippen molar-refractivity contribution in [2.75, 3.05) is 6.54 Å². The summed E-state index contributed by atoms with van der Waals surface area (Å²) >= 11 is 1.45. The minimum absolute atomic E-state index is 0.0722. The van der Waals surface area contributed by atoms with E-state index in [9.17, 15) is 14.9 Å². The highest BCUT2D eigenvalue weighted by atomic mass is 32.2. The molecule has 6 heteroatoms. The zero-order chi connectivity index (χ0) is 15.4. The van der Waals surface area contributed by atoms with Crippen molar-refractivity contribution in [3.63, 3.8) is 0 Å². The Balaban J connectivity index is 1.98. The van der Waals surface area contributed by atoms with E-state index >= 15 is 0 Å². The second-order valence-corrected chi connectivity index (χ2v) is 6.80. The molecule has 1 aliphatic rings. The molecule has 5 nitrogen and oxygen atoms in total. The summed E-state index contributed by atoms with van der Waals surface area (Å²) in [6, 6.07) is 6.66. The van der Waals surface area contributed by atoms with Crippen LogP contribution in [0.25, 0.3) is 0 Å². The molecule has 0 saturated carbocycles. The lowest BCUT2D eigenvalue weighted by Crippen LogP contribution is -2.45. The molecule has 1 aromatic rings. The summed E-state index contributed by atoms with van der Waals surface area (Å²) in [7, 11) is 0. The number of nitrogens with zero attached hydrogens (tertiary/aromatic N) is 2. The van der Waals surface area contributed by atoms with Gasteiger partial charge in [-0.15, -0.1) is 11.8 Å². The highest BCUT2D eigenvalue weighted by Gasteiger charge is 2.27. The molecule has 21 heavy (non-hydrogen) atoms. The molecule has 0 aromatic heterocycles. The van der Waals surface area contributed by atoms with Gasteiger partial charge in [-0.2, -0.15) is 0 Å². The number of rotatable bonds is 4. The Morgan fingerprint density at radius 3 is 2.62 bits per heavy atom. The predicted molar refractivity (Wildman–Crippen MR) is 83.4 cm³/mol. The molecule has 1 amide bonds. The minimum Gasteiger partial charge on any atom is -0.339 e. The maximum Gasteiger partial charge on any atom is 0.269 e. The molecule has 1 aromatic carbocycles. The summed E-state index contributed by atoms with van der Waals surface area (Å²) < 4.78 is 0. The number of nitro groups is 1. The normalized spacial score (nSPS) is 20.1. The Hall–Kier alpha value is -1.56. The molecule has 0 radical (unpaired) electrons. The van der Waals surface area contributed by atoms with Crippen LogP contribution in [0.5, 0.6) is 0 Å². The summed E-state index contributed by atoms with van der Waals surface area (Å²) in [5.41, 5.74) is 0.0722. The fourth-order valence-corrected chi connectivity index (χ4v) is 3.50. The van der Waals surface area contributed by atoms with Crippen LogP contribution >= 0.6 is 11.8 Å². The maximum absolute atomic E-state index is 12.5. The van der Waals surface area contributed by atoms with Gasteiger partial charge in [-0.25, -0.2) is 0 Å². The average Bonchev–Trinajstić information content (AvgIpc) is 2.47. The van der Waals surface area contributed by atoms with Crippen LogP contribution in [0.15, 0.2) is 29.2 Å². The van der Waals surface area contributed by atoms with E-state index in [0.717, 1.165) is 24.3 Å². The number of nitro benzene ring substituents is 1. The van der Waals surface area contributed by atoms with Crippen LogP contribution in [0.1, 0.15) is 33.1 Å². The molecule has 2 unspecified atom stereocenters. The highest BCUT2D eigenvalue weighted by Crippen LogP contribution is 2.28. The van der Waals surface area contributed by atoms with Crippen LogP contribution in [0.4, 0.5) is 5.69 Å². The molecular weight excluding hydrogens is 288 g/mol. The molecule has 0 aliphatic carbocycles. The smallest absolute Gasteiger partial charge is 0.269 e. The Kier molecular flexibility index (Phi) is 5.22. The SMILES string of the molecule is CC(Sc1ccc([N+](=O)[O-])cc1)C(=O)N1CCCCC1C. The fraction of sp³-hybridized carbons (Fsp3) is 0.533. The quantitative estimate of drug-likeness (QED) is 0.485. The number of hydrogen-bond acceptors (Lipinski definition) is 4. The van der Waals surface area contributed by atoms with Gasteiger partial charge in [-0.3, -0.25) is 14.9 Å². The predicted octanol–water partition coefficient (Wildman–Crippen LogP) is 3.48. The first kappa shape index (κ1) is 15.8. The van der Waals surface area contributed by atoms with Gasteiger partial charge in [-0.05, 0) is 45.2 Å². The standard InChI is InChI=1S/C15H20N2O3S/c1-11-5-3-4-10-16(11)15(18)12(2)21-14-8-6-13(7-9-14)17(19)20/h6-9,11-12H,3-5,10H2,1-2H3. The average molecular weight is 308 g/mol. The van der Waals surface area contributed by atoms with E-state index in [0.29, 0.717) is 6.04 Å². The van der Waals surface area contributed by atoms with Gasteiger partial charge in [0.1, 0.15) is 0 Å². The van der Waals surface area contributed by atoms with Crippen LogP contribution in [-0.4, -0.2) is 33.6 Å². The molecule has 2 atom stereocenters. The molecule has 0 bridgehead atoms. The van der Waals surface area contributed by atoms with Crippen LogP contribution in [0.2, 0.25) is 0 Å². The monoisotopic (exact) mass is 308 g/mol. The summed E-state index contributed by atoms with van der Waals surface area (Å²) in [5.74, 6) is 0.158. The number of carbonyl (C=O) groups excluding carboxylic acids is 1. The van der Waals surface area contributed by atoms with Crippen LogP contribution < -0.4 is 0 Å². The Morgan fingerprint density at radius 2 is 2.05 bits per heavy atom. The second kappa shape index (κ2) is 6.93. The molecule has 1 heterocycles. The van der Waals surface area contributed by atoms with Crippen molar-refractivity contribution in [3.8, 4) is 0 Å². The van der Waals surface area contributed by atoms with Gasteiger partial charge in [0.15, 0.2) is 0 Å². The van der Waals surface area contributed by atoms with Gasteiger partial charge < -0.3 is 4.90 Å². The molecule has 114 valence electrons. The van der Waals surface area contributed by atoms with E-state index in [1.54, 1.807) is 12.1 Å². The van der Waals surface area contributed by atoms with Gasteiger partial charge in [0, 0.05) is 29.6 Å². The van der Waals surface area contributed by atoms with Crippen molar-refractivity contribution in [2.24, 2.45) is 0 Å². The second-order valence-electron chi connectivity index (χ2n) is 5.39. The van der Waals surface area contributed by atoms with E-state index in [2.05, 4.69) is 6.92 Å². The molecule has 0 N–H and O–H groups in total. The lowest BCUT2D eigenvalue weighted by atomic mass is 10.0. The number of non-ortho nitro benzene ring substituents is 1. The van der Waals surface area contributed by atoms with Crippen molar-refractivity contribution >= 4 is 23.4 Å². The van der Waals surface area contributed by atoms with E-state index < -0.39 is 4.92 Å². The number of thioether (sulfide) groups is 1. The third-order valence-electron chi connectivity index (χ3n) is 3.79. The summed E-state index contributed by atoms with van der Waals surface area (Å²) in [6.45, 7) is 4.83. The first-order chi connectivity index (χ1) is 9.99. The first-order valence-corrected chi connectivity index (χ1v) is 8.08. The topological polar surface area (TPSA) is 63.5 Å². The molecule has 1 saturated heterocycles. The van der Waals surface area contributed by atoms with Crippen molar-refractivity contribution < 1.29 is 9.72 Å². The molecular formula is C15H20N2O3S. The number of benzene rings is 1. The first-order valence-electron chi connectivity index (χ1n) is 7.20. The number of carbonyl (C=O) groups is 1. The molecule has 1 fully saturated rings. The van der Waals surface area contributed by atoms with Crippen molar-refractivity contribution in [1.82, 2.24) is 4.90 Å². The van der Waals surface area contributed by atoms with Crippen molar-refractivity contribution in [3.05, 3.63) is 34.4 Å². The zero-order valence-electron chi connectivity index (χ0n) is 12.3. The van der Waals surface area contributed by atoms with Gasteiger partial charge in [0.05, 0.1) is 10.2 Å². The third-order valence-corrected chi connectivity index (χ3v) is 4.89. The number of likely N-dealkylation sites (tertiary alicyclic amines) is 1. The van der Waals surface area contributed by atoms with Crippen molar-refractivity contribution in [2.45, 2.75) is 49.3 Å². The van der Waals surface area contributed by atoms with Gasteiger partial charge in [0.2, 0.25) is 5.91 Å². The maximum atomic E-state index is 12.5. The fourth-order valence-electron chi connectivity index (χ4n) is 2.56. The third kappa shape index (κ3) is 3.97. The minimum atomic E-state index is -0.418. The van der Waals surface area contributed by atoms with E-state index in [4.69, 9.17) is 0 Å². The molecule has 2 rings (SSSR count). The molecule has 0 spiro atoms. The van der Waals surface area contributed by atoms with Gasteiger partial charge in [-0.1, -0.05) is 0 Å². The lowest BCUT2D eigenvalue weighted by Gasteiger charge is -2.35. The van der Waals surface area contributed by atoms with E-state index in [-0.39, 0.29) is 16.8 Å². The zero-order valence-corrected chi connectivity index (χ0v) is 13.1. The Morgan fingerprint density at radius 1 is 1.38 bits per heavy atom. The summed E-state index contributed by atoms with van der Waals surface area (Å²) in [5, 5.41) is 10.4. The number of piperidine rings is 1. The largest absolute Gasteiger partial charge is 0.339 e. The highest BCUT2D eigenvalue weighted by molar-refractivity contribution is 8.00. The summed E-state index contributed by atoms with van der Waals surface area (Å²) in [6.07, 6.45) is 3.33. The lowest BCUT2D eigenvalue weighted by molar-refractivity contribution is -0.384. The Bertz CT molecular complexity index is 518. The van der Waals surface area contributed by atoms with Crippen LogP contribution in [0, 0.1) is 10.1 Å². The van der Waals surface area contributed by atoms with E-state index in [1.807, 2.05) is 11.8 Å². The van der Waals surface area contributed by atoms with Crippen molar-refractivity contribution in [1.29, 1.82) is 0 Å². The van der Waals surface area contributed by atoms with E-state index in [1.165, 1.54) is 30.3 Å². The van der Waals surface area contributed by atoms with Crippen LogP contribution in [0.3, 0.4) is 0 Å². The summed E-state index contributed by atoms with van der Waals surface area (Å²) in [4.78, 5) is 25.5. The molecule has 1 aliphatic heterocycles. The van der Waals surface area contributed by atoms with Crippen LogP contribution in [-0.2, 0) is 4.79 Å². The Labute approximate surface area is 128 Å².